The molecule has 2 aromatic heterocycles. The van der Waals surface area contributed by atoms with Crippen molar-refractivity contribution in [3.63, 3.8) is 0 Å². The van der Waals surface area contributed by atoms with E-state index >= 15 is 0 Å². The van der Waals surface area contributed by atoms with Crippen molar-refractivity contribution in [3.8, 4) is 24.7 Å². The molecule has 0 aliphatic heterocycles. The minimum absolute atomic E-state index is 0.0395. The summed E-state index contributed by atoms with van der Waals surface area (Å²) in [6.07, 6.45) is 11.3. The number of amides is 1. The minimum atomic E-state index is -0.651. The van der Waals surface area contributed by atoms with E-state index < -0.39 is 6.09 Å². The van der Waals surface area contributed by atoms with E-state index in [1.807, 2.05) is 36.4 Å². The maximum Gasteiger partial charge on any atom is 0.412 e. The Labute approximate surface area is 197 Å². The zero-order chi connectivity index (χ0) is 24.2. The minimum Gasteiger partial charge on any atom is -0.448 e. The summed E-state index contributed by atoms with van der Waals surface area (Å²) >= 11 is 0. The van der Waals surface area contributed by atoms with Gasteiger partial charge in [-0.05, 0) is 28.5 Å². The van der Waals surface area contributed by atoms with Crippen LogP contribution in [0.3, 0.4) is 0 Å². The summed E-state index contributed by atoms with van der Waals surface area (Å²) in [6.45, 7) is 0.149. The van der Waals surface area contributed by atoms with E-state index in [1.165, 1.54) is 4.68 Å². The van der Waals surface area contributed by atoms with Crippen LogP contribution < -0.4 is 5.32 Å². The second-order valence-electron chi connectivity index (χ2n) is 6.93. The smallest absolute Gasteiger partial charge is 0.412 e. The third-order valence-electron chi connectivity index (χ3n) is 4.52. The number of nitrogens with one attached hydrogen (secondary N) is 1. The lowest BCUT2D eigenvalue weighted by Gasteiger charge is -2.11. The van der Waals surface area contributed by atoms with E-state index in [2.05, 4.69) is 42.8 Å². The van der Waals surface area contributed by atoms with Crippen molar-refractivity contribution < 1.29 is 14.4 Å². The van der Waals surface area contributed by atoms with Crippen LogP contribution in [-0.4, -0.2) is 43.6 Å². The molecule has 10 nitrogen and oxygen atoms in total. The molecule has 1 amide bonds. The molecule has 0 spiro atoms. The fourth-order valence-corrected chi connectivity index (χ4v) is 2.87. The van der Waals surface area contributed by atoms with Gasteiger partial charge in [0.15, 0.2) is 12.3 Å². The molecule has 3 rings (SSSR count). The zero-order valence-corrected chi connectivity index (χ0v) is 18.6. The Morgan fingerprint density at radius 1 is 1.15 bits per heavy atom. The van der Waals surface area contributed by atoms with Crippen molar-refractivity contribution >= 4 is 17.6 Å². The number of benzene rings is 1. The lowest BCUT2D eigenvalue weighted by atomic mass is 10.1. The molecule has 0 bridgehead atoms. The predicted octanol–water partition coefficient (Wildman–Crippen LogP) is 2.71. The van der Waals surface area contributed by atoms with Crippen LogP contribution in [0.1, 0.15) is 35.5 Å². The highest BCUT2D eigenvalue weighted by Crippen LogP contribution is 2.17. The zero-order valence-electron chi connectivity index (χ0n) is 18.6. The maximum absolute atomic E-state index is 12.1. The average Bonchev–Trinajstić information content (AvgIpc) is 3.27. The van der Waals surface area contributed by atoms with Gasteiger partial charge in [0.05, 0.1) is 5.69 Å². The third-order valence-corrected chi connectivity index (χ3v) is 4.52. The largest absolute Gasteiger partial charge is 0.448 e. The van der Waals surface area contributed by atoms with E-state index in [1.54, 1.807) is 13.1 Å². The van der Waals surface area contributed by atoms with E-state index in [0.717, 1.165) is 11.1 Å². The molecule has 1 N–H and O–H groups in total. The number of nitrogens with zero attached hydrogens (tertiary/aromatic N) is 6. The first-order valence-corrected chi connectivity index (χ1v) is 10.4. The van der Waals surface area contributed by atoms with Crippen LogP contribution in [0.15, 0.2) is 47.6 Å². The molecule has 0 saturated carbocycles. The lowest BCUT2D eigenvalue weighted by Crippen LogP contribution is -2.17. The molecule has 0 aliphatic carbocycles. The van der Waals surface area contributed by atoms with Crippen LogP contribution in [0.25, 0.3) is 0 Å². The normalized spacial score (nSPS) is 10.7. The Morgan fingerprint density at radius 2 is 1.94 bits per heavy atom. The second kappa shape index (κ2) is 12.4. The van der Waals surface area contributed by atoms with E-state index in [-0.39, 0.29) is 13.2 Å². The van der Waals surface area contributed by atoms with Gasteiger partial charge in [0.1, 0.15) is 12.4 Å². The number of hydrogen-bond donors (Lipinski definition) is 1. The van der Waals surface area contributed by atoms with Crippen molar-refractivity contribution in [2.24, 2.45) is 12.2 Å². The molecule has 0 fully saturated rings. The van der Waals surface area contributed by atoms with Crippen LogP contribution in [0.2, 0.25) is 0 Å². The topological polar surface area (TPSA) is 116 Å². The standard InChI is InChI=1S/C24H23N7O3/c1-4-6-11-19-14-15-20(25-22(19)26-24(32)33-16-7-5-2)17-34-28-21(18-12-9-8-10-13-18)23-27-29-30-31(23)3/h1-2,8-10,12-15H,6-7,11,16-17H2,3H3,(H,25,26,32)/b28-21-. The number of tetrazole rings is 1. The van der Waals surface area contributed by atoms with Gasteiger partial charge in [0.2, 0.25) is 5.82 Å². The highest BCUT2D eigenvalue weighted by atomic mass is 16.6. The molecule has 0 aliphatic rings. The van der Waals surface area contributed by atoms with Gasteiger partial charge in [0, 0.05) is 25.5 Å². The number of aryl methyl sites for hydroxylation is 2. The molecule has 172 valence electrons. The van der Waals surface area contributed by atoms with Gasteiger partial charge in [-0.3, -0.25) is 5.32 Å². The van der Waals surface area contributed by atoms with Crippen molar-refractivity contribution in [2.45, 2.75) is 25.9 Å². The summed E-state index contributed by atoms with van der Waals surface area (Å²) in [5.41, 5.74) is 2.56. The van der Waals surface area contributed by atoms with E-state index in [0.29, 0.717) is 42.3 Å². The Kier molecular flexibility index (Phi) is 8.71. The molecular weight excluding hydrogens is 434 g/mol. The van der Waals surface area contributed by atoms with Crippen molar-refractivity contribution in [2.75, 3.05) is 11.9 Å². The first kappa shape index (κ1) is 24.0. The predicted molar refractivity (Wildman–Crippen MR) is 125 cm³/mol. The Hall–Kier alpha value is -4.70. The molecule has 0 saturated heterocycles. The van der Waals surface area contributed by atoms with Gasteiger partial charge >= 0.3 is 6.09 Å². The number of oxime groups is 1. The van der Waals surface area contributed by atoms with Gasteiger partial charge in [-0.1, -0.05) is 41.6 Å². The number of pyridine rings is 1. The second-order valence-corrected chi connectivity index (χ2v) is 6.93. The molecular formula is C24H23N7O3. The number of aromatic nitrogens is 5. The van der Waals surface area contributed by atoms with Gasteiger partial charge in [-0.25, -0.2) is 14.5 Å². The molecule has 2 heterocycles. The quantitative estimate of drug-likeness (QED) is 0.215. The van der Waals surface area contributed by atoms with Crippen LogP contribution in [0.5, 0.6) is 0 Å². The molecule has 0 radical (unpaired) electrons. The first-order chi connectivity index (χ1) is 16.6. The summed E-state index contributed by atoms with van der Waals surface area (Å²) in [6, 6.07) is 13.0. The molecule has 1 aromatic carbocycles. The Balaban J connectivity index is 1.78. The van der Waals surface area contributed by atoms with Crippen molar-refractivity contribution in [1.82, 2.24) is 25.2 Å². The fourth-order valence-electron chi connectivity index (χ4n) is 2.87. The van der Waals surface area contributed by atoms with Gasteiger partial charge in [0.25, 0.3) is 0 Å². The Bertz CT molecular complexity index is 1220. The van der Waals surface area contributed by atoms with Crippen molar-refractivity contribution in [3.05, 3.63) is 65.1 Å². The Morgan fingerprint density at radius 3 is 2.65 bits per heavy atom. The number of ether oxygens (including phenoxy) is 1. The highest BCUT2D eigenvalue weighted by molar-refractivity contribution is 6.10. The van der Waals surface area contributed by atoms with E-state index in [4.69, 9.17) is 22.4 Å². The van der Waals surface area contributed by atoms with Gasteiger partial charge in [-0.15, -0.1) is 29.8 Å². The molecule has 10 heteroatoms. The summed E-state index contributed by atoms with van der Waals surface area (Å²) in [5, 5.41) is 18.5. The summed E-state index contributed by atoms with van der Waals surface area (Å²) in [5.74, 6) is 5.77. The molecule has 34 heavy (non-hydrogen) atoms. The van der Waals surface area contributed by atoms with Crippen molar-refractivity contribution in [1.29, 1.82) is 0 Å². The highest BCUT2D eigenvalue weighted by Gasteiger charge is 2.15. The lowest BCUT2D eigenvalue weighted by molar-refractivity contribution is 0.128. The monoisotopic (exact) mass is 457 g/mol. The van der Waals surface area contributed by atoms with Gasteiger partial charge in [-0.2, -0.15) is 0 Å². The fraction of sp³-hybridized carbons (Fsp3) is 0.250. The van der Waals surface area contributed by atoms with Crippen LogP contribution >= 0.6 is 0 Å². The van der Waals surface area contributed by atoms with Crippen LogP contribution in [0.4, 0.5) is 10.6 Å². The number of carbonyl (C=O) groups is 1. The van der Waals surface area contributed by atoms with Gasteiger partial charge < -0.3 is 9.57 Å². The first-order valence-electron chi connectivity index (χ1n) is 10.4. The summed E-state index contributed by atoms with van der Waals surface area (Å²) < 4.78 is 6.55. The van der Waals surface area contributed by atoms with Crippen LogP contribution in [0, 0.1) is 24.7 Å². The maximum atomic E-state index is 12.1. The number of carbonyl (C=O) groups excluding carboxylic acids is 1. The number of hydrogen-bond acceptors (Lipinski definition) is 8. The molecule has 0 unspecified atom stereocenters. The van der Waals surface area contributed by atoms with Crippen LogP contribution in [-0.2, 0) is 29.6 Å². The number of terminal acetylenes is 2. The molecule has 3 aromatic rings. The number of rotatable bonds is 10. The van der Waals surface area contributed by atoms with E-state index in [9.17, 15) is 4.79 Å². The SMILES string of the molecule is C#CCCOC(=O)Nc1nc(CO/N=C(/c2ccccc2)c2nnnn2C)ccc1CCC#C. The molecule has 0 atom stereocenters. The summed E-state index contributed by atoms with van der Waals surface area (Å²) in [4.78, 5) is 22.2. The summed E-state index contributed by atoms with van der Waals surface area (Å²) in [7, 11) is 1.71. The number of anilines is 1. The third kappa shape index (κ3) is 6.65. The average molecular weight is 457 g/mol.